The number of ketones is 1. The van der Waals surface area contributed by atoms with Crippen molar-refractivity contribution >= 4 is 25.1 Å². The van der Waals surface area contributed by atoms with E-state index in [2.05, 4.69) is 4.98 Å². The number of pyridine rings is 1. The lowest BCUT2D eigenvalue weighted by Gasteiger charge is -2.08. The van der Waals surface area contributed by atoms with Crippen molar-refractivity contribution in [1.29, 1.82) is 0 Å². The van der Waals surface area contributed by atoms with Crippen LogP contribution in [0.5, 0.6) is 0 Å². The Labute approximate surface area is 146 Å². The van der Waals surface area contributed by atoms with E-state index in [1.54, 1.807) is 54.9 Å². The largest absolute Gasteiger partial charge is 0.477 e. The summed E-state index contributed by atoms with van der Waals surface area (Å²) < 4.78 is 1.53. The minimum absolute atomic E-state index is 0.00214. The number of aryl methyl sites for hydroxylation is 1. The maximum atomic E-state index is 12.4. The zero-order valence-electron chi connectivity index (χ0n) is 13.6. The Balaban J connectivity index is 1.94. The van der Waals surface area contributed by atoms with E-state index >= 15 is 0 Å². The molecule has 6 heteroatoms. The predicted molar refractivity (Wildman–Crippen MR) is 95.1 cm³/mol. The van der Waals surface area contributed by atoms with Crippen molar-refractivity contribution in [3.8, 4) is 5.69 Å². The summed E-state index contributed by atoms with van der Waals surface area (Å²) in [5.41, 5.74) is 3.06. The first-order valence-corrected chi connectivity index (χ1v) is 7.71. The summed E-state index contributed by atoms with van der Waals surface area (Å²) >= 11 is 0. The molecule has 0 amide bonds. The van der Waals surface area contributed by atoms with Crippen LogP contribution < -0.4 is 5.46 Å². The first-order chi connectivity index (χ1) is 12.0. The average Bonchev–Trinajstić information content (AvgIpc) is 3.00. The molecule has 0 aliphatic heterocycles. The molecule has 1 aromatic carbocycles. The summed E-state index contributed by atoms with van der Waals surface area (Å²) in [5.74, 6) is -1.26. The van der Waals surface area contributed by atoms with Crippen molar-refractivity contribution in [2.75, 3.05) is 0 Å². The van der Waals surface area contributed by atoms with Crippen LogP contribution in [0.3, 0.4) is 0 Å². The summed E-state index contributed by atoms with van der Waals surface area (Å²) in [4.78, 5) is 28.4. The molecule has 122 valence electrons. The third-order valence-electron chi connectivity index (χ3n) is 3.93. The Bertz CT molecular complexity index is 928. The van der Waals surface area contributed by atoms with Crippen LogP contribution in [-0.4, -0.2) is 34.3 Å². The lowest BCUT2D eigenvalue weighted by Crippen LogP contribution is -2.12. The van der Waals surface area contributed by atoms with Gasteiger partial charge < -0.3 is 9.67 Å². The lowest BCUT2D eigenvalue weighted by atomic mass is 9.93. The van der Waals surface area contributed by atoms with Gasteiger partial charge in [-0.1, -0.05) is 29.7 Å². The van der Waals surface area contributed by atoms with Crippen molar-refractivity contribution in [1.82, 2.24) is 9.55 Å². The topological polar surface area (TPSA) is 72.2 Å². The summed E-state index contributed by atoms with van der Waals surface area (Å²) in [5, 5.41) is 9.60. The first-order valence-electron chi connectivity index (χ1n) is 7.71. The van der Waals surface area contributed by atoms with Gasteiger partial charge in [-0.2, -0.15) is 0 Å². The SMILES string of the molecule is [B]c1ccc(C(=O)Cc2ccn(-c3ccc(C)nc3)c2C(=O)O)cc1. The maximum absolute atomic E-state index is 12.4. The molecule has 2 radical (unpaired) electrons. The maximum Gasteiger partial charge on any atom is 0.353 e. The molecule has 0 aliphatic carbocycles. The van der Waals surface area contributed by atoms with Gasteiger partial charge in [0.15, 0.2) is 5.78 Å². The highest BCUT2D eigenvalue weighted by atomic mass is 16.4. The second-order valence-electron chi connectivity index (χ2n) is 5.74. The molecule has 0 saturated carbocycles. The van der Waals surface area contributed by atoms with E-state index < -0.39 is 5.97 Å². The molecule has 0 unspecified atom stereocenters. The highest BCUT2D eigenvalue weighted by molar-refractivity contribution is 6.32. The van der Waals surface area contributed by atoms with E-state index in [0.29, 0.717) is 22.3 Å². The zero-order chi connectivity index (χ0) is 18.0. The number of nitrogens with zero attached hydrogens (tertiary/aromatic N) is 2. The van der Waals surface area contributed by atoms with E-state index in [1.807, 2.05) is 6.92 Å². The van der Waals surface area contributed by atoms with Crippen LogP contribution in [0.4, 0.5) is 0 Å². The van der Waals surface area contributed by atoms with Gasteiger partial charge in [0, 0.05) is 23.9 Å². The number of carbonyl (C=O) groups excluding carboxylic acids is 1. The van der Waals surface area contributed by atoms with Crippen molar-refractivity contribution < 1.29 is 14.7 Å². The molecule has 2 heterocycles. The van der Waals surface area contributed by atoms with Gasteiger partial charge in [0.25, 0.3) is 0 Å². The molecule has 0 fully saturated rings. The summed E-state index contributed by atoms with van der Waals surface area (Å²) in [6.45, 7) is 1.86. The van der Waals surface area contributed by atoms with Crippen LogP contribution in [0.25, 0.3) is 5.69 Å². The number of aromatic carboxylic acids is 1. The summed E-state index contributed by atoms with van der Waals surface area (Å²) in [7, 11) is 5.62. The van der Waals surface area contributed by atoms with E-state index in [0.717, 1.165) is 5.69 Å². The van der Waals surface area contributed by atoms with Crippen LogP contribution in [-0.2, 0) is 6.42 Å². The van der Waals surface area contributed by atoms with Crippen molar-refractivity contribution in [2.45, 2.75) is 13.3 Å². The molecule has 2 aromatic heterocycles. The predicted octanol–water partition coefficient (Wildman–Crippen LogP) is 2.10. The van der Waals surface area contributed by atoms with E-state index in [-0.39, 0.29) is 17.9 Å². The summed E-state index contributed by atoms with van der Waals surface area (Å²) in [6, 6.07) is 11.8. The summed E-state index contributed by atoms with van der Waals surface area (Å²) in [6.07, 6.45) is 3.24. The van der Waals surface area contributed by atoms with Crippen LogP contribution in [0.2, 0.25) is 0 Å². The Morgan fingerprint density at radius 3 is 2.44 bits per heavy atom. The average molecular weight is 330 g/mol. The van der Waals surface area contributed by atoms with Crippen LogP contribution >= 0.6 is 0 Å². The van der Waals surface area contributed by atoms with Crippen LogP contribution in [0.1, 0.15) is 32.1 Å². The molecular weight excluding hydrogens is 315 g/mol. The molecule has 0 saturated heterocycles. The van der Waals surface area contributed by atoms with Gasteiger partial charge in [-0.15, -0.1) is 0 Å². The third-order valence-corrected chi connectivity index (χ3v) is 3.93. The minimum atomic E-state index is -1.09. The number of carbonyl (C=O) groups is 2. The van der Waals surface area contributed by atoms with E-state index in [1.165, 1.54) is 4.57 Å². The Hall–Kier alpha value is -3.15. The van der Waals surface area contributed by atoms with Gasteiger partial charge in [0.1, 0.15) is 13.5 Å². The Morgan fingerprint density at radius 1 is 1.12 bits per heavy atom. The molecule has 0 bridgehead atoms. The quantitative estimate of drug-likeness (QED) is 0.574. The molecule has 3 aromatic rings. The molecule has 5 nitrogen and oxygen atoms in total. The number of Topliss-reactive ketones (excluding diaryl/α,β-unsaturated/α-hetero) is 1. The minimum Gasteiger partial charge on any atom is -0.477 e. The number of aromatic nitrogens is 2. The number of hydrogen-bond acceptors (Lipinski definition) is 3. The molecular formula is C19H15BN2O3. The van der Waals surface area contributed by atoms with Gasteiger partial charge >= 0.3 is 5.97 Å². The standard InChI is InChI=1S/C19H15BN2O3/c1-12-2-7-16(11-21-12)22-9-8-14(18(22)19(24)25)10-17(23)13-3-5-15(20)6-4-13/h2-9,11H,10H2,1H3,(H,24,25). The fourth-order valence-corrected chi connectivity index (χ4v) is 2.62. The van der Waals surface area contributed by atoms with Crippen molar-refractivity contribution in [3.05, 3.63) is 77.4 Å². The van der Waals surface area contributed by atoms with Gasteiger partial charge in [0.05, 0.1) is 11.9 Å². The van der Waals surface area contributed by atoms with Crippen molar-refractivity contribution in [2.24, 2.45) is 0 Å². The number of carboxylic acid groups (broad SMARTS) is 1. The number of hydrogen-bond donors (Lipinski definition) is 1. The normalized spacial score (nSPS) is 10.6. The highest BCUT2D eigenvalue weighted by Crippen LogP contribution is 2.19. The van der Waals surface area contributed by atoms with E-state index in [4.69, 9.17) is 7.85 Å². The lowest BCUT2D eigenvalue weighted by molar-refractivity contribution is 0.0687. The van der Waals surface area contributed by atoms with Crippen LogP contribution in [0.15, 0.2) is 54.9 Å². The Morgan fingerprint density at radius 2 is 1.84 bits per heavy atom. The second-order valence-corrected chi connectivity index (χ2v) is 5.74. The molecule has 25 heavy (non-hydrogen) atoms. The van der Waals surface area contributed by atoms with Gasteiger partial charge in [-0.25, -0.2) is 4.79 Å². The number of rotatable bonds is 5. The molecule has 1 N–H and O–H groups in total. The third kappa shape index (κ3) is 3.53. The van der Waals surface area contributed by atoms with E-state index in [9.17, 15) is 14.7 Å². The highest BCUT2D eigenvalue weighted by Gasteiger charge is 2.20. The van der Waals surface area contributed by atoms with Crippen molar-refractivity contribution in [3.63, 3.8) is 0 Å². The number of benzene rings is 1. The molecule has 3 rings (SSSR count). The smallest absolute Gasteiger partial charge is 0.353 e. The fourth-order valence-electron chi connectivity index (χ4n) is 2.62. The van der Waals surface area contributed by atoms with Gasteiger partial charge in [-0.3, -0.25) is 9.78 Å². The van der Waals surface area contributed by atoms with Crippen LogP contribution in [0, 0.1) is 6.92 Å². The molecule has 0 aliphatic rings. The number of carboxylic acids is 1. The Kier molecular flexibility index (Phi) is 4.52. The van der Waals surface area contributed by atoms with Gasteiger partial charge in [0.2, 0.25) is 0 Å². The zero-order valence-corrected chi connectivity index (χ0v) is 13.6. The first kappa shape index (κ1) is 16.7. The monoisotopic (exact) mass is 330 g/mol. The fraction of sp³-hybridized carbons (Fsp3) is 0.105. The van der Waals surface area contributed by atoms with Gasteiger partial charge in [-0.05, 0) is 30.7 Å². The molecule has 0 spiro atoms. The molecule has 0 atom stereocenters. The second kappa shape index (κ2) is 6.77.